The minimum Gasteiger partial charge on any atom is -0.337 e. The third-order valence-corrected chi connectivity index (χ3v) is 4.68. The number of aromatic amines is 1. The first-order valence-electron chi connectivity index (χ1n) is 8.19. The first-order chi connectivity index (χ1) is 12.2. The van der Waals surface area contributed by atoms with Crippen LogP contribution in [-0.2, 0) is 0 Å². The molecular formula is C22H17BrN2. The number of imidazole rings is 1. The van der Waals surface area contributed by atoms with Crippen LogP contribution in [0, 0.1) is 6.92 Å². The Kier molecular flexibility index (Phi) is 4.24. The highest BCUT2D eigenvalue weighted by Gasteiger charge is 2.15. The third kappa shape index (κ3) is 3.28. The molecule has 4 aromatic rings. The number of rotatable bonds is 3. The van der Waals surface area contributed by atoms with E-state index in [4.69, 9.17) is 4.98 Å². The summed E-state index contributed by atoms with van der Waals surface area (Å²) in [6.45, 7) is 2.10. The van der Waals surface area contributed by atoms with Crippen molar-refractivity contribution in [1.29, 1.82) is 0 Å². The first kappa shape index (κ1) is 15.9. The number of H-pyrrole nitrogens is 1. The second-order valence-electron chi connectivity index (χ2n) is 6.05. The summed E-state index contributed by atoms with van der Waals surface area (Å²) in [4.78, 5) is 8.44. The van der Waals surface area contributed by atoms with Crippen molar-refractivity contribution in [3.05, 3.63) is 88.9 Å². The van der Waals surface area contributed by atoms with E-state index in [1.54, 1.807) is 0 Å². The number of aromatic nitrogens is 2. The van der Waals surface area contributed by atoms with Crippen molar-refractivity contribution in [3.8, 4) is 33.9 Å². The SMILES string of the molecule is Cc1ccc(-c2[nH]c(-c3cccc(Br)c3)nc2-c2ccccc2)cc1. The predicted octanol–water partition coefficient (Wildman–Crippen LogP) is 6.48. The van der Waals surface area contributed by atoms with Crippen LogP contribution in [-0.4, -0.2) is 9.97 Å². The lowest BCUT2D eigenvalue weighted by Crippen LogP contribution is -1.84. The van der Waals surface area contributed by atoms with E-state index in [9.17, 15) is 0 Å². The Labute approximate surface area is 155 Å². The summed E-state index contributed by atoms with van der Waals surface area (Å²) in [5.41, 5.74) is 6.57. The minimum atomic E-state index is 0.871. The maximum atomic E-state index is 4.91. The van der Waals surface area contributed by atoms with Crippen LogP contribution in [0.4, 0.5) is 0 Å². The van der Waals surface area contributed by atoms with E-state index in [1.807, 2.05) is 30.3 Å². The van der Waals surface area contributed by atoms with Crippen LogP contribution in [0.15, 0.2) is 83.3 Å². The van der Waals surface area contributed by atoms with Crippen LogP contribution in [0.2, 0.25) is 0 Å². The number of benzene rings is 3. The van der Waals surface area contributed by atoms with Crippen LogP contribution >= 0.6 is 15.9 Å². The summed E-state index contributed by atoms with van der Waals surface area (Å²) in [7, 11) is 0. The molecule has 0 aliphatic carbocycles. The highest BCUT2D eigenvalue weighted by Crippen LogP contribution is 2.33. The fourth-order valence-corrected chi connectivity index (χ4v) is 3.28. The standard InChI is InChI=1S/C22H17BrN2/c1-15-10-12-17(13-11-15)21-20(16-6-3-2-4-7-16)24-22(25-21)18-8-5-9-19(23)14-18/h2-14H,1H3,(H,24,25). The average molecular weight is 389 g/mol. The van der Waals surface area contributed by atoms with E-state index >= 15 is 0 Å². The van der Waals surface area contributed by atoms with Crippen LogP contribution in [0.5, 0.6) is 0 Å². The summed E-state index contributed by atoms with van der Waals surface area (Å²) in [6.07, 6.45) is 0. The zero-order valence-electron chi connectivity index (χ0n) is 13.8. The summed E-state index contributed by atoms with van der Waals surface area (Å²) in [6, 6.07) is 27.0. The molecular weight excluding hydrogens is 372 g/mol. The van der Waals surface area contributed by atoms with Crippen molar-refractivity contribution < 1.29 is 0 Å². The fourth-order valence-electron chi connectivity index (χ4n) is 2.88. The zero-order chi connectivity index (χ0) is 17.2. The molecule has 25 heavy (non-hydrogen) atoms. The molecule has 1 aromatic heterocycles. The highest BCUT2D eigenvalue weighted by atomic mass is 79.9. The number of nitrogens with one attached hydrogen (secondary N) is 1. The van der Waals surface area contributed by atoms with Crippen molar-refractivity contribution in [2.75, 3.05) is 0 Å². The van der Waals surface area contributed by atoms with E-state index in [0.717, 1.165) is 38.4 Å². The Balaban J connectivity index is 1.90. The molecule has 0 atom stereocenters. The summed E-state index contributed by atoms with van der Waals surface area (Å²) < 4.78 is 1.04. The molecule has 0 aliphatic heterocycles. The molecule has 0 saturated carbocycles. The predicted molar refractivity (Wildman–Crippen MR) is 107 cm³/mol. The number of halogens is 1. The average Bonchev–Trinajstić information content (AvgIpc) is 3.08. The van der Waals surface area contributed by atoms with Crippen molar-refractivity contribution in [2.24, 2.45) is 0 Å². The summed E-state index contributed by atoms with van der Waals surface area (Å²) >= 11 is 3.54. The van der Waals surface area contributed by atoms with Gasteiger partial charge in [0, 0.05) is 21.2 Å². The summed E-state index contributed by atoms with van der Waals surface area (Å²) in [5.74, 6) is 0.871. The molecule has 0 spiro atoms. The third-order valence-electron chi connectivity index (χ3n) is 4.19. The van der Waals surface area contributed by atoms with Crippen LogP contribution in [0.25, 0.3) is 33.9 Å². The van der Waals surface area contributed by atoms with Gasteiger partial charge in [-0.15, -0.1) is 0 Å². The topological polar surface area (TPSA) is 28.7 Å². The van der Waals surface area contributed by atoms with E-state index in [2.05, 4.69) is 76.4 Å². The van der Waals surface area contributed by atoms with E-state index in [-0.39, 0.29) is 0 Å². The number of hydrogen-bond acceptors (Lipinski definition) is 1. The largest absolute Gasteiger partial charge is 0.337 e. The van der Waals surface area contributed by atoms with Gasteiger partial charge in [-0.05, 0) is 19.1 Å². The van der Waals surface area contributed by atoms with Gasteiger partial charge in [0.05, 0.1) is 11.4 Å². The Morgan fingerprint density at radius 1 is 0.760 bits per heavy atom. The van der Waals surface area contributed by atoms with Gasteiger partial charge in [0.25, 0.3) is 0 Å². The van der Waals surface area contributed by atoms with E-state index < -0.39 is 0 Å². The smallest absolute Gasteiger partial charge is 0.138 e. The molecule has 0 aliphatic rings. The second kappa shape index (κ2) is 6.69. The molecule has 0 amide bonds. The molecule has 3 heteroatoms. The lowest BCUT2D eigenvalue weighted by atomic mass is 10.0. The molecule has 1 heterocycles. The number of aryl methyl sites for hydroxylation is 1. The van der Waals surface area contributed by atoms with Gasteiger partial charge in [0.1, 0.15) is 5.82 Å². The van der Waals surface area contributed by atoms with Gasteiger partial charge in [0.2, 0.25) is 0 Å². The van der Waals surface area contributed by atoms with Gasteiger partial charge >= 0.3 is 0 Å². The fraction of sp³-hybridized carbons (Fsp3) is 0.0455. The van der Waals surface area contributed by atoms with Gasteiger partial charge in [-0.1, -0.05) is 88.2 Å². The number of nitrogens with zero attached hydrogens (tertiary/aromatic N) is 1. The first-order valence-corrected chi connectivity index (χ1v) is 8.98. The Bertz CT molecular complexity index is 1000. The molecule has 3 aromatic carbocycles. The Morgan fingerprint density at radius 2 is 1.48 bits per heavy atom. The molecule has 4 rings (SSSR count). The van der Waals surface area contributed by atoms with Crippen molar-refractivity contribution in [2.45, 2.75) is 6.92 Å². The lowest BCUT2D eigenvalue weighted by molar-refractivity contribution is 1.31. The van der Waals surface area contributed by atoms with Crippen molar-refractivity contribution >= 4 is 15.9 Å². The molecule has 0 fully saturated rings. The molecule has 0 bridgehead atoms. The monoisotopic (exact) mass is 388 g/mol. The molecule has 0 saturated heterocycles. The van der Waals surface area contributed by atoms with Crippen LogP contribution in [0.3, 0.4) is 0 Å². The summed E-state index contributed by atoms with van der Waals surface area (Å²) in [5, 5.41) is 0. The van der Waals surface area contributed by atoms with E-state index in [0.29, 0.717) is 0 Å². The Hall–Kier alpha value is -2.65. The van der Waals surface area contributed by atoms with Crippen LogP contribution < -0.4 is 0 Å². The molecule has 1 N–H and O–H groups in total. The quantitative estimate of drug-likeness (QED) is 0.427. The maximum Gasteiger partial charge on any atom is 0.138 e. The minimum absolute atomic E-state index is 0.871. The molecule has 122 valence electrons. The van der Waals surface area contributed by atoms with Crippen molar-refractivity contribution in [3.63, 3.8) is 0 Å². The normalized spacial score (nSPS) is 10.8. The molecule has 2 nitrogen and oxygen atoms in total. The van der Waals surface area contributed by atoms with Gasteiger partial charge in [-0.3, -0.25) is 0 Å². The van der Waals surface area contributed by atoms with E-state index in [1.165, 1.54) is 5.56 Å². The second-order valence-corrected chi connectivity index (χ2v) is 6.97. The van der Waals surface area contributed by atoms with Gasteiger partial charge in [-0.2, -0.15) is 0 Å². The number of hydrogen-bond donors (Lipinski definition) is 1. The zero-order valence-corrected chi connectivity index (χ0v) is 15.4. The Morgan fingerprint density at radius 3 is 2.20 bits per heavy atom. The van der Waals surface area contributed by atoms with Gasteiger partial charge in [0.15, 0.2) is 0 Å². The lowest BCUT2D eigenvalue weighted by Gasteiger charge is -2.03. The molecule has 0 unspecified atom stereocenters. The van der Waals surface area contributed by atoms with Crippen LogP contribution in [0.1, 0.15) is 5.56 Å². The van der Waals surface area contributed by atoms with Gasteiger partial charge in [-0.25, -0.2) is 4.98 Å². The van der Waals surface area contributed by atoms with Crippen molar-refractivity contribution in [1.82, 2.24) is 9.97 Å². The van der Waals surface area contributed by atoms with Gasteiger partial charge < -0.3 is 4.98 Å². The molecule has 0 radical (unpaired) electrons. The maximum absolute atomic E-state index is 4.91. The highest BCUT2D eigenvalue weighted by molar-refractivity contribution is 9.10.